The van der Waals surface area contributed by atoms with Crippen LogP contribution in [0.1, 0.15) is 19.4 Å². The molecule has 2 amide bonds. The summed E-state index contributed by atoms with van der Waals surface area (Å²) >= 11 is 0. The minimum absolute atomic E-state index is 0. The molecule has 1 unspecified atom stereocenters. The highest BCUT2D eigenvalue weighted by molar-refractivity contribution is 5.94. The van der Waals surface area contributed by atoms with Crippen LogP contribution in [0.3, 0.4) is 0 Å². The van der Waals surface area contributed by atoms with E-state index in [1.807, 2.05) is 33.0 Å². The van der Waals surface area contributed by atoms with Gasteiger partial charge in [-0.25, -0.2) is 0 Å². The monoisotopic (exact) mass is 299 g/mol. The van der Waals surface area contributed by atoms with Crippen LogP contribution in [0.5, 0.6) is 0 Å². The second-order valence-electron chi connectivity index (χ2n) is 4.66. The quantitative estimate of drug-likeness (QED) is 0.780. The molecule has 1 rings (SSSR count). The molecule has 0 aliphatic carbocycles. The third kappa shape index (κ3) is 5.59. The summed E-state index contributed by atoms with van der Waals surface area (Å²) in [5.41, 5.74) is 2.35. The average molecular weight is 300 g/mol. The van der Waals surface area contributed by atoms with Crippen LogP contribution in [0, 0.1) is 12.8 Å². The number of rotatable bonds is 5. The number of hydrogen-bond donors (Lipinski definition) is 3. The van der Waals surface area contributed by atoms with Crippen molar-refractivity contribution in [1.29, 1.82) is 0 Å². The number of amides is 2. The van der Waals surface area contributed by atoms with E-state index in [1.165, 1.54) is 6.92 Å². The molecule has 0 aliphatic rings. The number of carbonyl (C=O) groups is 2. The Morgan fingerprint density at radius 3 is 2.45 bits per heavy atom. The maximum absolute atomic E-state index is 11.9. The lowest BCUT2D eigenvalue weighted by Gasteiger charge is -2.13. The Morgan fingerprint density at radius 1 is 1.25 bits per heavy atom. The van der Waals surface area contributed by atoms with Crippen LogP contribution < -0.4 is 16.0 Å². The van der Waals surface area contributed by atoms with Crippen LogP contribution in [0.25, 0.3) is 0 Å². The van der Waals surface area contributed by atoms with Gasteiger partial charge in [-0.15, -0.1) is 12.4 Å². The van der Waals surface area contributed by atoms with Crippen molar-refractivity contribution in [3.05, 3.63) is 23.8 Å². The molecular formula is C14H22ClN3O2. The molecule has 0 saturated carbocycles. The summed E-state index contributed by atoms with van der Waals surface area (Å²) in [5.74, 6) is -0.294. The summed E-state index contributed by atoms with van der Waals surface area (Å²) in [4.78, 5) is 23.0. The fraction of sp³-hybridized carbons (Fsp3) is 0.429. The van der Waals surface area contributed by atoms with Gasteiger partial charge >= 0.3 is 0 Å². The Morgan fingerprint density at radius 2 is 1.90 bits per heavy atom. The molecule has 1 aromatic rings. The Balaban J connectivity index is 0.00000361. The van der Waals surface area contributed by atoms with Crippen molar-refractivity contribution in [2.24, 2.45) is 5.92 Å². The second kappa shape index (κ2) is 8.55. The van der Waals surface area contributed by atoms with E-state index in [-0.39, 0.29) is 30.1 Å². The van der Waals surface area contributed by atoms with Crippen molar-refractivity contribution >= 4 is 35.6 Å². The lowest BCUT2D eigenvalue weighted by Crippen LogP contribution is -2.28. The molecule has 0 bridgehead atoms. The van der Waals surface area contributed by atoms with Gasteiger partial charge in [0.15, 0.2) is 0 Å². The topological polar surface area (TPSA) is 70.2 Å². The summed E-state index contributed by atoms with van der Waals surface area (Å²) < 4.78 is 0. The molecule has 0 aliphatic heterocycles. The van der Waals surface area contributed by atoms with Crippen LogP contribution in [-0.4, -0.2) is 25.4 Å². The van der Waals surface area contributed by atoms with Crippen molar-refractivity contribution in [3.8, 4) is 0 Å². The van der Waals surface area contributed by atoms with Crippen molar-refractivity contribution in [1.82, 2.24) is 5.32 Å². The Hall–Kier alpha value is -1.59. The minimum atomic E-state index is -0.130. The Bertz CT molecular complexity index is 477. The highest BCUT2D eigenvalue weighted by Gasteiger charge is 2.12. The first-order chi connectivity index (χ1) is 8.93. The summed E-state index contributed by atoms with van der Waals surface area (Å²) in [5, 5.41) is 8.54. The maximum Gasteiger partial charge on any atom is 0.228 e. The number of carbonyl (C=O) groups excluding carboxylic acids is 2. The van der Waals surface area contributed by atoms with E-state index < -0.39 is 0 Å². The van der Waals surface area contributed by atoms with Gasteiger partial charge in [-0.05, 0) is 31.7 Å². The summed E-state index contributed by atoms with van der Waals surface area (Å²) in [7, 11) is 1.81. The fourth-order valence-electron chi connectivity index (χ4n) is 1.69. The number of aryl methyl sites for hydroxylation is 1. The predicted octanol–water partition coefficient (Wildman–Crippen LogP) is 2.17. The molecule has 1 atom stereocenters. The highest BCUT2D eigenvalue weighted by Crippen LogP contribution is 2.20. The second-order valence-corrected chi connectivity index (χ2v) is 4.66. The van der Waals surface area contributed by atoms with Crippen molar-refractivity contribution in [3.63, 3.8) is 0 Å². The van der Waals surface area contributed by atoms with E-state index in [0.29, 0.717) is 17.9 Å². The van der Waals surface area contributed by atoms with Gasteiger partial charge in [0.05, 0.1) is 0 Å². The van der Waals surface area contributed by atoms with Gasteiger partial charge in [0, 0.05) is 30.8 Å². The number of benzene rings is 1. The van der Waals surface area contributed by atoms with E-state index in [2.05, 4.69) is 16.0 Å². The molecule has 5 nitrogen and oxygen atoms in total. The number of anilines is 2. The van der Waals surface area contributed by atoms with E-state index in [1.54, 1.807) is 6.07 Å². The molecule has 6 heteroatoms. The Labute approximate surface area is 125 Å². The lowest BCUT2D eigenvalue weighted by atomic mass is 10.1. The summed E-state index contributed by atoms with van der Waals surface area (Å²) in [6.45, 7) is 5.84. The number of halogens is 1. The molecule has 112 valence electrons. The van der Waals surface area contributed by atoms with Gasteiger partial charge < -0.3 is 16.0 Å². The number of nitrogens with one attached hydrogen (secondary N) is 3. The van der Waals surface area contributed by atoms with Crippen molar-refractivity contribution < 1.29 is 9.59 Å². The van der Waals surface area contributed by atoms with E-state index in [0.717, 1.165) is 5.56 Å². The standard InChI is InChI=1S/C14H21N3O2.ClH/c1-9-5-6-12(7-13(9)16-11(3)18)17-14(19)10(2)8-15-4;/h5-7,10,15H,8H2,1-4H3,(H,16,18)(H,17,19);1H. The van der Waals surface area contributed by atoms with Crippen LogP contribution in [0.4, 0.5) is 11.4 Å². The number of hydrogen-bond acceptors (Lipinski definition) is 3. The third-order valence-corrected chi connectivity index (χ3v) is 2.77. The molecule has 0 saturated heterocycles. The third-order valence-electron chi connectivity index (χ3n) is 2.77. The first-order valence-electron chi connectivity index (χ1n) is 6.27. The molecule has 0 spiro atoms. The maximum atomic E-state index is 11.9. The smallest absolute Gasteiger partial charge is 0.228 e. The van der Waals surface area contributed by atoms with Gasteiger partial charge in [-0.2, -0.15) is 0 Å². The average Bonchev–Trinajstić information content (AvgIpc) is 2.33. The predicted molar refractivity (Wildman–Crippen MR) is 84.5 cm³/mol. The van der Waals surface area contributed by atoms with Crippen molar-refractivity contribution in [2.75, 3.05) is 24.2 Å². The van der Waals surface area contributed by atoms with Crippen LogP contribution in [0.2, 0.25) is 0 Å². The van der Waals surface area contributed by atoms with Crippen LogP contribution in [-0.2, 0) is 9.59 Å². The molecule has 20 heavy (non-hydrogen) atoms. The summed E-state index contributed by atoms with van der Waals surface area (Å²) in [6, 6.07) is 5.45. The fourth-order valence-corrected chi connectivity index (χ4v) is 1.69. The molecule has 3 N–H and O–H groups in total. The largest absolute Gasteiger partial charge is 0.326 e. The lowest BCUT2D eigenvalue weighted by molar-refractivity contribution is -0.119. The normalized spacial score (nSPS) is 11.2. The van der Waals surface area contributed by atoms with Crippen molar-refractivity contribution in [2.45, 2.75) is 20.8 Å². The molecule has 0 radical (unpaired) electrons. The first kappa shape index (κ1) is 18.4. The van der Waals surface area contributed by atoms with Crippen LogP contribution in [0.15, 0.2) is 18.2 Å². The van der Waals surface area contributed by atoms with Gasteiger partial charge in [0.25, 0.3) is 0 Å². The molecule has 0 aromatic heterocycles. The van der Waals surface area contributed by atoms with E-state index in [4.69, 9.17) is 0 Å². The zero-order valence-corrected chi connectivity index (χ0v) is 13.1. The highest BCUT2D eigenvalue weighted by atomic mass is 35.5. The van der Waals surface area contributed by atoms with Gasteiger partial charge in [0.1, 0.15) is 0 Å². The SMILES string of the molecule is CNCC(C)C(=O)Nc1ccc(C)c(NC(C)=O)c1.Cl. The molecular weight excluding hydrogens is 278 g/mol. The first-order valence-corrected chi connectivity index (χ1v) is 6.27. The zero-order valence-electron chi connectivity index (χ0n) is 12.2. The minimum Gasteiger partial charge on any atom is -0.326 e. The Kier molecular flexibility index (Phi) is 7.87. The molecule has 0 fully saturated rings. The van der Waals surface area contributed by atoms with E-state index >= 15 is 0 Å². The van der Waals surface area contributed by atoms with Gasteiger partial charge in [0.2, 0.25) is 11.8 Å². The van der Waals surface area contributed by atoms with Gasteiger partial charge in [-0.1, -0.05) is 13.0 Å². The molecule has 1 aromatic carbocycles. The van der Waals surface area contributed by atoms with Gasteiger partial charge in [-0.3, -0.25) is 9.59 Å². The summed E-state index contributed by atoms with van der Waals surface area (Å²) in [6.07, 6.45) is 0. The van der Waals surface area contributed by atoms with Crippen LogP contribution >= 0.6 is 12.4 Å². The van der Waals surface area contributed by atoms with E-state index in [9.17, 15) is 9.59 Å². The molecule has 0 heterocycles. The zero-order chi connectivity index (χ0) is 14.4.